The molecule has 0 saturated carbocycles. The number of hydrogen-bond acceptors (Lipinski definition) is 3. The molecule has 1 saturated heterocycles. The van der Waals surface area contributed by atoms with Crippen LogP contribution in [-0.2, 0) is 5.54 Å². The summed E-state index contributed by atoms with van der Waals surface area (Å²) in [5.41, 5.74) is 0.961. The third kappa shape index (κ3) is 4.26. The Balaban J connectivity index is 0.000000741. The molecule has 19 heavy (non-hydrogen) atoms. The summed E-state index contributed by atoms with van der Waals surface area (Å²) in [6, 6.07) is 10.3. The zero-order chi connectivity index (χ0) is 14.9. The van der Waals surface area contributed by atoms with E-state index in [2.05, 4.69) is 24.4 Å². The molecule has 0 spiro atoms. The first-order chi connectivity index (χ1) is 9.19. The Bertz CT molecular complexity index is 403. The van der Waals surface area contributed by atoms with Crippen LogP contribution in [0.15, 0.2) is 30.3 Å². The van der Waals surface area contributed by atoms with Crippen LogP contribution in [0.5, 0.6) is 0 Å². The van der Waals surface area contributed by atoms with E-state index in [1.54, 1.807) is 0 Å². The van der Waals surface area contributed by atoms with Crippen LogP contribution in [0.1, 0.15) is 46.6 Å². The summed E-state index contributed by atoms with van der Waals surface area (Å²) in [5, 5.41) is 3.34. The summed E-state index contributed by atoms with van der Waals surface area (Å²) in [4.78, 5) is 0. The van der Waals surface area contributed by atoms with Gasteiger partial charge in [-0.1, -0.05) is 101 Å². The molecular formula is C15H23NS3. The van der Waals surface area contributed by atoms with Crippen LogP contribution in [0, 0.1) is 0 Å². The minimum Gasteiger partial charge on any atom is -0.356 e. The number of rotatable bonds is 2. The summed E-state index contributed by atoms with van der Waals surface area (Å²) >= 11 is 12.1. The lowest BCUT2D eigenvalue weighted by Crippen LogP contribution is -2.41. The predicted octanol–water partition coefficient (Wildman–Crippen LogP) is 5.29. The van der Waals surface area contributed by atoms with Crippen LogP contribution >= 0.6 is 36.2 Å². The molecule has 1 nitrogen and oxygen atoms in total. The van der Waals surface area contributed by atoms with Crippen molar-refractivity contribution in [2.24, 2.45) is 0 Å². The number of benzene rings is 1. The molecule has 0 bridgehead atoms. The van der Waals surface area contributed by atoms with E-state index < -0.39 is 0 Å². The van der Waals surface area contributed by atoms with Crippen LogP contribution in [0.25, 0.3) is 0 Å². The third-order valence-electron chi connectivity index (χ3n) is 2.65. The van der Waals surface area contributed by atoms with E-state index >= 15 is 0 Å². The second kappa shape index (κ2) is 9.45. The monoisotopic (exact) mass is 313 g/mol. The molecule has 0 aromatic heterocycles. The molecule has 106 valence electrons. The summed E-state index contributed by atoms with van der Waals surface area (Å²) in [7, 11) is 0. The molecule has 0 radical (unpaired) electrons. The average molecular weight is 314 g/mol. The maximum Gasteiger partial charge on any atom is 0.140 e. The molecule has 1 aliphatic heterocycles. The van der Waals surface area contributed by atoms with E-state index in [4.69, 9.17) is 24.4 Å². The van der Waals surface area contributed by atoms with Crippen molar-refractivity contribution in [1.29, 1.82) is 0 Å². The fourth-order valence-corrected chi connectivity index (χ4v) is 3.80. The van der Waals surface area contributed by atoms with Crippen molar-refractivity contribution in [1.82, 2.24) is 5.32 Å². The summed E-state index contributed by atoms with van der Waals surface area (Å²) in [6.45, 7) is 10.1. The third-order valence-corrected chi connectivity index (χ3v) is 4.42. The van der Waals surface area contributed by atoms with Crippen molar-refractivity contribution in [3.63, 3.8) is 0 Å². The quantitative estimate of drug-likeness (QED) is 0.744. The van der Waals surface area contributed by atoms with Crippen LogP contribution in [-0.4, -0.2) is 8.52 Å². The van der Waals surface area contributed by atoms with Crippen molar-refractivity contribution in [2.75, 3.05) is 0 Å². The van der Waals surface area contributed by atoms with Gasteiger partial charge in [0.2, 0.25) is 0 Å². The van der Waals surface area contributed by atoms with Gasteiger partial charge in [-0.2, -0.15) is 0 Å². The van der Waals surface area contributed by atoms with Gasteiger partial charge in [-0.15, -0.1) is 0 Å². The fraction of sp³-hybridized carbons (Fsp3) is 0.467. The van der Waals surface area contributed by atoms with Gasteiger partial charge in [0.25, 0.3) is 0 Å². The molecule has 1 atom stereocenters. The van der Waals surface area contributed by atoms with Gasteiger partial charge < -0.3 is 5.32 Å². The normalized spacial score (nSPS) is 20.7. The molecule has 1 heterocycles. The second-order valence-corrected chi connectivity index (χ2v) is 5.78. The van der Waals surface area contributed by atoms with Gasteiger partial charge in [0.05, 0.1) is 4.20 Å². The van der Waals surface area contributed by atoms with Gasteiger partial charge in [-0.05, 0) is 12.0 Å². The molecule has 1 aromatic carbocycles. The molecule has 1 fully saturated rings. The molecular weight excluding hydrogens is 290 g/mol. The van der Waals surface area contributed by atoms with Crippen LogP contribution < -0.4 is 5.32 Å². The summed E-state index contributed by atoms with van der Waals surface area (Å²) < 4.78 is 1.71. The Morgan fingerprint density at radius 1 is 1.05 bits per heavy atom. The minimum atomic E-state index is -0.238. The van der Waals surface area contributed by atoms with Crippen molar-refractivity contribution >= 4 is 44.7 Å². The molecule has 1 unspecified atom stereocenters. The highest BCUT2D eigenvalue weighted by atomic mass is 32.2. The first-order valence-corrected chi connectivity index (χ1v) is 8.42. The van der Waals surface area contributed by atoms with E-state index in [1.807, 2.05) is 45.9 Å². The fourth-order valence-electron chi connectivity index (χ4n) is 1.77. The highest BCUT2D eigenvalue weighted by Crippen LogP contribution is 2.38. The lowest BCUT2D eigenvalue weighted by molar-refractivity contribution is 0.541. The number of thiocarbonyl (C=S) groups is 2. The Hall–Kier alpha value is -0.450. The van der Waals surface area contributed by atoms with E-state index in [0.29, 0.717) is 0 Å². The van der Waals surface area contributed by atoms with Gasteiger partial charge in [0, 0.05) is 0 Å². The predicted molar refractivity (Wildman–Crippen MR) is 97.0 cm³/mol. The molecule has 2 rings (SSSR count). The first-order valence-electron chi connectivity index (χ1n) is 6.79. The molecule has 0 amide bonds. The second-order valence-electron chi connectivity index (χ2n) is 3.43. The van der Waals surface area contributed by atoms with Crippen LogP contribution in [0.3, 0.4) is 0 Å². The highest BCUT2D eigenvalue weighted by molar-refractivity contribution is 8.38. The number of hydrogen-bond donors (Lipinski definition) is 1. The maximum atomic E-state index is 5.42. The smallest absolute Gasteiger partial charge is 0.140 e. The van der Waals surface area contributed by atoms with E-state index in [1.165, 1.54) is 17.3 Å². The lowest BCUT2D eigenvalue weighted by atomic mass is 9.89. The Labute approximate surface area is 132 Å². The van der Waals surface area contributed by atoms with Gasteiger partial charge in [-0.25, -0.2) is 0 Å². The molecule has 1 aliphatic rings. The van der Waals surface area contributed by atoms with Gasteiger partial charge >= 0.3 is 0 Å². The largest absolute Gasteiger partial charge is 0.356 e. The first kappa shape index (κ1) is 18.6. The van der Waals surface area contributed by atoms with Crippen molar-refractivity contribution < 1.29 is 0 Å². The topological polar surface area (TPSA) is 12.0 Å². The van der Waals surface area contributed by atoms with Gasteiger partial charge in [0.1, 0.15) is 9.86 Å². The molecule has 1 N–H and O–H groups in total. The number of thioether (sulfide) groups is 1. The Morgan fingerprint density at radius 2 is 1.58 bits per heavy atom. The number of nitrogens with one attached hydrogen (secondary N) is 1. The molecule has 4 heteroatoms. The van der Waals surface area contributed by atoms with Crippen molar-refractivity contribution in [3.8, 4) is 0 Å². The zero-order valence-corrected chi connectivity index (χ0v) is 14.8. The summed E-state index contributed by atoms with van der Waals surface area (Å²) in [6.07, 6.45) is 0.920. The molecule has 0 aliphatic carbocycles. The van der Waals surface area contributed by atoms with Crippen LogP contribution in [0.2, 0.25) is 0 Å². The van der Waals surface area contributed by atoms with Crippen LogP contribution in [0.4, 0.5) is 0 Å². The molecule has 1 aromatic rings. The van der Waals surface area contributed by atoms with E-state index in [9.17, 15) is 0 Å². The maximum absolute atomic E-state index is 5.42. The SMILES string of the molecule is CC.CC.CCC1(c2ccccc2)NC(=S)SC1=S. The standard InChI is InChI=1S/C11H11NS3.2C2H6/c1-2-11(8-6-4-3-5-7-8)9(13)15-10(14)12-11;2*1-2/h3-7H,2H2,1H3,(H,12,14);2*1-2H3. The van der Waals surface area contributed by atoms with E-state index in [-0.39, 0.29) is 5.54 Å². The van der Waals surface area contributed by atoms with E-state index in [0.717, 1.165) is 14.9 Å². The van der Waals surface area contributed by atoms with Gasteiger partial charge in [-0.3, -0.25) is 0 Å². The Morgan fingerprint density at radius 3 is 1.95 bits per heavy atom. The lowest BCUT2D eigenvalue weighted by Gasteiger charge is -2.28. The average Bonchev–Trinajstić information content (AvgIpc) is 2.79. The Kier molecular flexibility index (Phi) is 9.23. The highest BCUT2D eigenvalue weighted by Gasteiger charge is 2.41. The minimum absolute atomic E-state index is 0.238. The zero-order valence-electron chi connectivity index (χ0n) is 12.3. The van der Waals surface area contributed by atoms with Crippen molar-refractivity contribution in [2.45, 2.75) is 46.6 Å². The summed E-state index contributed by atoms with van der Waals surface area (Å²) in [5.74, 6) is 0. The van der Waals surface area contributed by atoms with Crippen molar-refractivity contribution in [3.05, 3.63) is 35.9 Å². The van der Waals surface area contributed by atoms with Gasteiger partial charge in [0.15, 0.2) is 0 Å².